The molecule has 6 N–H and O–H groups in total. The van der Waals surface area contributed by atoms with Gasteiger partial charge in [-0.3, -0.25) is 39.6 Å². The van der Waals surface area contributed by atoms with Crippen molar-refractivity contribution in [2.45, 2.75) is 136 Å². The molecular formula is C90H106N14O14S4. The standard InChI is InChI=1S/2C45H51N7O7S.2H2S/c2*53-45(49-60(56,57)36-12-14-40(42(25-36)52(54)55)47-26-30-16-21-58-22-17-30)39-13-11-34(24-43(39)59-35-23-33-15-18-46-44(33)48-27-35)50-19-3-5-31(28-50)29-51-20-4-8-41(51)38-7-2-1-6-37(38)32-9-10-32;;/h2*1-2,6-7,11-15,18,23-25,27,30-32,41,47H,3-5,8-10,16-17,19-22,26,28-29H2,(H,46,48)(H,49,53);2*1H2/t2*31?,41-;;/m00../s1. The van der Waals surface area contributed by atoms with Crippen molar-refractivity contribution in [2.24, 2.45) is 23.7 Å². The van der Waals surface area contributed by atoms with Crippen LogP contribution in [0.1, 0.15) is 170 Å². The molecule has 122 heavy (non-hydrogen) atoms. The van der Waals surface area contributed by atoms with Crippen molar-refractivity contribution in [3.8, 4) is 23.0 Å². The summed E-state index contributed by atoms with van der Waals surface area (Å²) in [5.74, 6) is 2.07. The quantitative estimate of drug-likeness (QED) is 0.0196. The van der Waals surface area contributed by atoms with Gasteiger partial charge in [0, 0.05) is 150 Å². The Kier molecular flexibility index (Phi) is 27.4. The van der Waals surface area contributed by atoms with Gasteiger partial charge in [-0.2, -0.15) is 27.0 Å². The predicted molar refractivity (Wildman–Crippen MR) is 479 cm³/mol. The molecule has 644 valence electrons. The molecule has 2 unspecified atom stereocenters. The Morgan fingerprint density at radius 1 is 0.467 bits per heavy atom. The van der Waals surface area contributed by atoms with Gasteiger partial charge in [0.05, 0.1) is 43.2 Å². The second kappa shape index (κ2) is 38.6. The van der Waals surface area contributed by atoms with Gasteiger partial charge in [0.1, 0.15) is 45.7 Å². The number of hydrogen-bond acceptors (Lipinski definition) is 22. The minimum atomic E-state index is -4.54. The van der Waals surface area contributed by atoms with Crippen LogP contribution in [0.2, 0.25) is 0 Å². The van der Waals surface area contributed by atoms with Gasteiger partial charge in [-0.25, -0.2) is 36.2 Å². The van der Waals surface area contributed by atoms with Gasteiger partial charge >= 0.3 is 0 Å². The Hall–Kier alpha value is -10.3. The molecule has 4 atom stereocenters. The normalized spacial score (nSPS) is 20.0. The van der Waals surface area contributed by atoms with Gasteiger partial charge in [0.2, 0.25) is 0 Å². The molecule has 8 aliphatic rings. The van der Waals surface area contributed by atoms with Crippen LogP contribution in [-0.4, -0.2) is 160 Å². The highest BCUT2D eigenvalue weighted by molar-refractivity contribution is 7.90. The first-order chi connectivity index (χ1) is 58.4. The number of nitrogens with zero attached hydrogens (tertiary/aromatic N) is 8. The summed E-state index contributed by atoms with van der Waals surface area (Å²) in [4.78, 5) is 75.1. The van der Waals surface area contributed by atoms with Gasteiger partial charge in [-0.05, 0) is 246 Å². The summed E-state index contributed by atoms with van der Waals surface area (Å²) < 4.78 is 82.6. The van der Waals surface area contributed by atoms with Crippen LogP contribution in [0.25, 0.3) is 22.1 Å². The van der Waals surface area contributed by atoms with Crippen molar-refractivity contribution in [1.29, 1.82) is 0 Å². The highest BCUT2D eigenvalue weighted by atomic mass is 32.2. The number of fused-ring (bicyclic) bond motifs is 2. The zero-order valence-corrected chi connectivity index (χ0v) is 71.7. The zero-order chi connectivity index (χ0) is 82.4. The number of likely N-dealkylation sites (tertiary alicyclic amines) is 2. The third kappa shape index (κ3) is 20.5. The Balaban J connectivity index is 0.000000186. The van der Waals surface area contributed by atoms with E-state index in [0.29, 0.717) is 98.1 Å². The van der Waals surface area contributed by atoms with Gasteiger partial charge < -0.3 is 49.3 Å². The van der Waals surface area contributed by atoms with Crippen molar-refractivity contribution in [1.82, 2.24) is 39.2 Å². The van der Waals surface area contributed by atoms with Crippen LogP contribution in [0.5, 0.6) is 23.0 Å². The molecule has 6 aromatic carbocycles. The molecule has 0 spiro atoms. The fraction of sp³-hybridized carbons (Fsp3) is 0.422. The number of pyridine rings is 2. The van der Waals surface area contributed by atoms with Crippen LogP contribution >= 0.6 is 27.0 Å². The minimum Gasteiger partial charge on any atom is -0.455 e. The Morgan fingerprint density at radius 2 is 0.869 bits per heavy atom. The molecule has 18 rings (SSSR count). The van der Waals surface area contributed by atoms with Crippen LogP contribution in [0, 0.1) is 43.9 Å². The van der Waals surface area contributed by atoms with Crippen LogP contribution in [0.15, 0.2) is 180 Å². The lowest BCUT2D eigenvalue weighted by Gasteiger charge is -2.38. The number of ether oxygens (including phenoxy) is 4. The largest absolute Gasteiger partial charge is 0.455 e. The molecule has 4 aromatic heterocycles. The Labute approximate surface area is 724 Å². The minimum absolute atomic E-state index is 0. The summed E-state index contributed by atoms with van der Waals surface area (Å²) in [6.45, 7) is 11.1. The monoisotopic (exact) mass is 1730 g/mol. The van der Waals surface area contributed by atoms with E-state index in [1.807, 2.05) is 24.3 Å². The lowest BCUT2D eigenvalue weighted by atomic mass is 9.93. The summed E-state index contributed by atoms with van der Waals surface area (Å²) in [7, 11) is -9.08. The van der Waals surface area contributed by atoms with E-state index in [2.05, 4.69) is 108 Å². The number of nitro benzene ring substituents is 2. The highest BCUT2D eigenvalue weighted by Crippen LogP contribution is 2.49. The summed E-state index contributed by atoms with van der Waals surface area (Å²) in [6, 6.07) is 43.9. The number of nitrogens with one attached hydrogen (secondary N) is 6. The first kappa shape index (κ1) is 86.6. The topological polar surface area (TPSA) is 344 Å². The maximum atomic E-state index is 14.0. The third-order valence-corrected chi connectivity index (χ3v) is 27.8. The number of nitro groups is 2. The number of aromatic amines is 2. The average Bonchev–Trinajstić information content (AvgIpc) is 1.45. The highest BCUT2D eigenvalue weighted by Gasteiger charge is 2.38. The molecule has 6 saturated heterocycles. The van der Waals surface area contributed by atoms with Crippen molar-refractivity contribution >= 4 is 115 Å². The van der Waals surface area contributed by atoms with Crippen molar-refractivity contribution in [3.63, 3.8) is 0 Å². The van der Waals surface area contributed by atoms with E-state index >= 15 is 0 Å². The Morgan fingerprint density at radius 3 is 1.27 bits per heavy atom. The second-order valence-electron chi connectivity index (χ2n) is 33.4. The number of H-pyrrole nitrogens is 2. The molecule has 10 aromatic rings. The maximum Gasteiger partial charge on any atom is 0.293 e. The number of amides is 2. The van der Waals surface area contributed by atoms with Crippen LogP contribution in [0.3, 0.4) is 0 Å². The van der Waals surface area contributed by atoms with E-state index in [-0.39, 0.29) is 72.8 Å². The van der Waals surface area contributed by atoms with Gasteiger partial charge in [-0.15, -0.1) is 0 Å². The molecule has 8 fully saturated rings. The van der Waals surface area contributed by atoms with Crippen LogP contribution in [-0.2, 0) is 29.5 Å². The lowest BCUT2D eigenvalue weighted by Crippen LogP contribution is -2.41. The van der Waals surface area contributed by atoms with Crippen molar-refractivity contribution < 1.29 is 55.2 Å². The van der Waals surface area contributed by atoms with Crippen LogP contribution < -0.4 is 39.4 Å². The molecule has 0 bridgehead atoms. The van der Waals surface area contributed by atoms with Gasteiger partial charge in [0.15, 0.2) is 0 Å². The first-order valence-corrected chi connectivity index (χ1v) is 45.3. The number of sulfonamides is 2. The van der Waals surface area contributed by atoms with Crippen molar-refractivity contribution in [3.05, 3.63) is 224 Å². The van der Waals surface area contributed by atoms with E-state index in [1.165, 1.54) is 97.9 Å². The smallest absolute Gasteiger partial charge is 0.293 e. The molecule has 2 saturated carbocycles. The molecule has 2 amide bonds. The Bertz CT molecular complexity index is 5320. The summed E-state index contributed by atoms with van der Waals surface area (Å²) in [6.07, 6.45) is 24.1. The van der Waals surface area contributed by atoms with E-state index in [9.17, 15) is 46.7 Å². The maximum absolute atomic E-state index is 14.0. The summed E-state index contributed by atoms with van der Waals surface area (Å²) in [5, 5.41) is 32.0. The molecule has 2 aliphatic carbocycles. The van der Waals surface area contributed by atoms with E-state index in [0.717, 1.165) is 138 Å². The second-order valence-corrected chi connectivity index (χ2v) is 36.7. The van der Waals surface area contributed by atoms with Gasteiger partial charge in [0.25, 0.3) is 43.2 Å². The number of piperidine rings is 2. The van der Waals surface area contributed by atoms with E-state index in [1.54, 1.807) is 61.2 Å². The third-order valence-electron chi connectivity index (χ3n) is 25.1. The zero-order valence-electron chi connectivity index (χ0n) is 68.1. The lowest BCUT2D eigenvalue weighted by molar-refractivity contribution is -0.384. The first-order valence-electron chi connectivity index (χ1n) is 42.4. The number of rotatable bonds is 28. The number of carbonyl (C=O) groups excluding carboxylic acids is 2. The van der Waals surface area contributed by atoms with E-state index in [4.69, 9.17) is 18.9 Å². The molecule has 6 aliphatic heterocycles. The van der Waals surface area contributed by atoms with E-state index < -0.39 is 62.9 Å². The fourth-order valence-electron chi connectivity index (χ4n) is 18.5. The number of anilines is 4. The predicted octanol–water partition coefficient (Wildman–Crippen LogP) is 16.5. The molecule has 10 heterocycles. The summed E-state index contributed by atoms with van der Waals surface area (Å²) >= 11 is 0. The average molecular weight is 1740 g/mol. The number of hydrogen-bond donors (Lipinski definition) is 6. The molecule has 0 radical (unpaired) electrons. The number of aromatic nitrogens is 4. The molecular weight excluding hydrogens is 1630 g/mol. The molecule has 28 nitrogen and oxygen atoms in total. The van der Waals surface area contributed by atoms with Crippen LogP contribution in [0.4, 0.5) is 34.1 Å². The molecule has 32 heteroatoms. The fourth-order valence-corrected chi connectivity index (χ4v) is 20.5. The number of carbonyl (C=O) groups is 2. The summed E-state index contributed by atoms with van der Waals surface area (Å²) in [5.41, 5.74) is 8.73. The SMILES string of the molecule is O=C(NS(=O)(=O)c1ccc(NCC2CCOCC2)c([N+](=O)[O-])c1)c1ccc(N2CCCC(CN3CCC[C@H]3c3ccccc3C3CC3)C2)cc1Oc1cnc2[nH]ccc2c1.O=C(NS(=O)(=O)c1ccc(NCC2CCOCC2)c([N+](=O)[O-])c1)c1ccc(N2CCCC(CN3CCC[C@H]3c3ccccc3C3CC3)C2)cc1Oc1cnc2[nH]ccc2c1.S.S. The van der Waals surface area contributed by atoms with Crippen molar-refractivity contribution in [2.75, 3.05) is 112 Å². The van der Waals surface area contributed by atoms with Gasteiger partial charge in [-0.1, -0.05) is 48.5 Å². The number of benzene rings is 6.